The minimum absolute atomic E-state index is 0.336. The van der Waals surface area contributed by atoms with Crippen molar-refractivity contribution in [3.63, 3.8) is 0 Å². The van der Waals surface area contributed by atoms with Gasteiger partial charge in [0.05, 0.1) is 6.61 Å². The van der Waals surface area contributed by atoms with Gasteiger partial charge in [0.1, 0.15) is 5.60 Å². The van der Waals surface area contributed by atoms with E-state index in [-0.39, 0.29) is 0 Å². The predicted octanol–water partition coefficient (Wildman–Crippen LogP) is 2.23. The first kappa shape index (κ1) is 8.95. The molecule has 0 N–H and O–H groups in total. The van der Waals surface area contributed by atoms with Gasteiger partial charge in [-0.15, -0.1) is 0 Å². The quantitative estimate of drug-likeness (QED) is 0.534. The highest BCUT2D eigenvalue weighted by Crippen LogP contribution is 2.33. The molecular formula is C11H16O2. The third kappa shape index (κ3) is 1.68. The molecule has 1 aliphatic heterocycles. The van der Waals surface area contributed by atoms with Gasteiger partial charge in [-0.3, -0.25) is 4.79 Å². The molecule has 2 heteroatoms. The summed E-state index contributed by atoms with van der Waals surface area (Å²) in [5.74, 6) is 0.336. The van der Waals surface area contributed by atoms with Gasteiger partial charge in [0.2, 0.25) is 0 Å². The van der Waals surface area contributed by atoms with Gasteiger partial charge < -0.3 is 4.74 Å². The molecule has 1 spiro atoms. The number of ether oxygens (including phenoxy) is 1. The Morgan fingerprint density at radius 2 is 2.15 bits per heavy atom. The summed E-state index contributed by atoms with van der Waals surface area (Å²) in [6.45, 7) is 0.617. The second kappa shape index (κ2) is 3.62. The second-order valence-corrected chi connectivity index (χ2v) is 3.95. The van der Waals surface area contributed by atoms with Crippen molar-refractivity contribution < 1.29 is 9.53 Å². The van der Waals surface area contributed by atoms with E-state index in [0.717, 1.165) is 38.5 Å². The molecule has 0 bridgehead atoms. The molecule has 1 unspecified atom stereocenters. The van der Waals surface area contributed by atoms with Gasteiger partial charge in [-0.1, -0.05) is 12.2 Å². The van der Waals surface area contributed by atoms with Crippen LogP contribution in [-0.4, -0.2) is 18.0 Å². The summed E-state index contributed by atoms with van der Waals surface area (Å²) in [5.41, 5.74) is -0.401. The number of ketones is 1. The van der Waals surface area contributed by atoms with Crippen LogP contribution in [0.1, 0.15) is 38.5 Å². The topological polar surface area (TPSA) is 26.3 Å². The lowest BCUT2D eigenvalue weighted by Gasteiger charge is -2.34. The lowest BCUT2D eigenvalue weighted by molar-refractivity contribution is -0.148. The van der Waals surface area contributed by atoms with Crippen molar-refractivity contribution in [3.05, 3.63) is 12.2 Å². The molecular weight excluding hydrogens is 164 g/mol. The summed E-state index contributed by atoms with van der Waals surface area (Å²) >= 11 is 0. The van der Waals surface area contributed by atoms with Crippen LogP contribution in [0.3, 0.4) is 0 Å². The van der Waals surface area contributed by atoms with Crippen molar-refractivity contribution in [2.24, 2.45) is 0 Å². The minimum atomic E-state index is -0.401. The van der Waals surface area contributed by atoms with Gasteiger partial charge in [0, 0.05) is 6.42 Å². The van der Waals surface area contributed by atoms with E-state index in [0.29, 0.717) is 12.4 Å². The number of allylic oxidation sites excluding steroid dienone is 1. The number of hydrogen-bond donors (Lipinski definition) is 0. The Morgan fingerprint density at radius 1 is 1.23 bits per heavy atom. The Labute approximate surface area is 79.0 Å². The van der Waals surface area contributed by atoms with Crippen molar-refractivity contribution in [2.45, 2.75) is 44.1 Å². The van der Waals surface area contributed by atoms with E-state index < -0.39 is 5.60 Å². The highest BCUT2D eigenvalue weighted by atomic mass is 16.5. The maximum Gasteiger partial charge on any atom is 0.164 e. The Hall–Kier alpha value is -0.630. The lowest BCUT2D eigenvalue weighted by atomic mass is 9.80. The van der Waals surface area contributed by atoms with Crippen LogP contribution >= 0.6 is 0 Å². The van der Waals surface area contributed by atoms with Crippen molar-refractivity contribution >= 4 is 5.78 Å². The van der Waals surface area contributed by atoms with Crippen molar-refractivity contribution in [3.8, 4) is 0 Å². The summed E-state index contributed by atoms with van der Waals surface area (Å²) in [7, 11) is 0. The van der Waals surface area contributed by atoms with Gasteiger partial charge in [-0.25, -0.2) is 0 Å². The molecule has 1 heterocycles. The maximum absolute atomic E-state index is 11.8. The van der Waals surface area contributed by atoms with Gasteiger partial charge >= 0.3 is 0 Å². The van der Waals surface area contributed by atoms with Crippen molar-refractivity contribution in [1.82, 2.24) is 0 Å². The lowest BCUT2D eigenvalue weighted by Crippen LogP contribution is -2.43. The zero-order chi connectivity index (χ0) is 9.15. The molecule has 0 aromatic heterocycles. The Bertz CT molecular complexity index is 220. The number of carbonyl (C=O) groups is 1. The smallest absolute Gasteiger partial charge is 0.164 e. The highest BCUT2D eigenvalue weighted by Gasteiger charge is 2.40. The first-order valence-electron chi connectivity index (χ1n) is 5.16. The molecule has 2 rings (SSSR count). The third-order valence-corrected chi connectivity index (χ3v) is 3.08. The summed E-state index contributed by atoms with van der Waals surface area (Å²) in [4.78, 5) is 11.8. The Morgan fingerprint density at radius 3 is 3.00 bits per heavy atom. The average Bonchev–Trinajstić information content (AvgIpc) is 2.37. The molecule has 1 aliphatic carbocycles. The van der Waals surface area contributed by atoms with E-state index in [2.05, 4.69) is 6.08 Å². The minimum Gasteiger partial charge on any atom is -0.363 e. The van der Waals surface area contributed by atoms with Crippen LogP contribution < -0.4 is 0 Å². The zero-order valence-electron chi connectivity index (χ0n) is 7.92. The van der Waals surface area contributed by atoms with E-state index >= 15 is 0 Å². The summed E-state index contributed by atoms with van der Waals surface area (Å²) < 4.78 is 5.71. The van der Waals surface area contributed by atoms with Crippen LogP contribution in [-0.2, 0) is 9.53 Å². The molecule has 1 saturated carbocycles. The summed E-state index contributed by atoms with van der Waals surface area (Å²) in [6.07, 6.45) is 9.89. The van der Waals surface area contributed by atoms with Crippen LogP contribution in [0.25, 0.3) is 0 Å². The maximum atomic E-state index is 11.8. The van der Waals surface area contributed by atoms with E-state index in [1.54, 1.807) is 0 Å². The monoisotopic (exact) mass is 180 g/mol. The molecule has 0 saturated heterocycles. The van der Waals surface area contributed by atoms with Gasteiger partial charge in [-0.2, -0.15) is 0 Å². The van der Waals surface area contributed by atoms with Crippen LogP contribution in [0.2, 0.25) is 0 Å². The second-order valence-electron chi connectivity index (χ2n) is 3.95. The highest BCUT2D eigenvalue weighted by molar-refractivity contribution is 5.88. The van der Waals surface area contributed by atoms with Gasteiger partial charge in [0.25, 0.3) is 0 Å². The van der Waals surface area contributed by atoms with E-state index in [9.17, 15) is 4.79 Å². The average molecular weight is 180 g/mol. The molecule has 0 radical (unpaired) electrons. The van der Waals surface area contributed by atoms with Crippen molar-refractivity contribution in [1.29, 1.82) is 0 Å². The summed E-state index contributed by atoms with van der Waals surface area (Å²) in [5, 5.41) is 0. The molecule has 0 aromatic rings. The fourth-order valence-electron chi connectivity index (χ4n) is 2.26. The zero-order valence-corrected chi connectivity index (χ0v) is 7.92. The molecule has 0 aromatic carbocycles. The van der Waals surface area contributed by atoms with Crippen LogP contribution in [0.4, 0.5) is 0 Å². The fraction of sp³-hybridized carbons (Fsp3) is 0.727. The SMILES string of the molecule is O=C1CCCCC12CCC=CCO2. The van der Waals surface area contributed by atoms with Gasteiger partial charge in [-0.05, 0) is 32.1 Å². The van der Waals surface area contributed by atoms with Crippen LogP contribution in [0.15, 0.2) is 12.2 Å². The number of Topliss-reactive ketones (excluding diaryl/α,β-unsaturated/α-hetero) is 1. The van der Waals surface area contributed by atoms with E-state index in [1.165, 1.54) is 0 Å². The number of rotatable bonds is 0. The van der Waals surface area contributed by atoms with Crippen LogP contribution in [0.5, 0.6) is 0 Å². The molecule has 13 heavy (non-hydrogen) atoms. The largest absolute Gasteiger partial charge is 0.363 e. The van der Waals surface area contributed by atoms with E-state index in [4.69, 9.17) is 4.74 Å². The summed E-state index contributed by atoms with van der Waals surface area (Å²) in [6, 6.07) is 0. The molecule has 2 aliphatic rings. The van der Waals surface area contributed by atoms with Gasteiger partial charge in [0.15, 0.2) is 5.78 Å². The van der Waals surface area contributed by atoms with Crippen LogP contribution in [0, 0.1) is 0 Å². The Kier molecular flexibility index (Phi) is 2.49. The fourth-order valence-corrected chi connectivity index (χ4v) is 2.26. The molecule has 1 fully saturated rings. The number of hydrogen-bond acceptors (Lipinski definition) is 2. The molecule has 0 amide bonds. The number of carbonyl (C=O) groups excluding carboxylic acids is 1. The first-order valence-corrected chi connectivity index (χ1v) is 5.16. The Balaban J connectivity index is 2.12. The predicted molar refractivity (Wildman–Crippen MR) is 50.5 cm³/mol. The standard InChI is InChI=1S/C11H16O2/c12-10-6-2-4-8-11(10)7-3-1-5-9-13-11/h1,5H,2-4,6-9H2. The first-order chi connectivity index (χ1) is 6.33. The van der Waals surface area contributed by atoms with E-state index in [1.807, 2.05) is 6.08 Å². The molecule has 72 valence electrons. The van der Waals surface area contributed by atoms with Crippen molar-refractivity contribution in [2.75, 3.05) is 6.61 Å². The normalized spacial score (nSPS) is 34.9. The molecule has 2 nitrogen and oxygen atoms in total. The molecule has 1 atom stereocenters. The third-order valence-electron chi connectivity index (χ3n) is 3.08.